The minimum atomic E-state index is -0.890. The number of hydrogen-bond donors (Lipinski definition) is 1. The van der Waals surface area contributed by atoms with Crippen LogP contribution >= 0.6 is 0 Å². The molecule has 17 heavy (non-hydrogen) atoms. The van der Waals surface area contributed by atoms with Gasteiger partial charge in [0.05, 0.1) is 17.9 Å². The Hall–Kier alpha value is -1.06. The third-order valence-electron chi connectivity index (χ3n) is 3.73. The van der Waals surface area contributed by atoms with E-state index in [1.165, 1.54) is 0 Å². The maximum absolute atomic E-state index is 11.9. The second kappa shape index (κ2) is 6.03. The highest BCUT2D eigenvalue weighted by atomic mass is 16.5. The molecule has 1 aliphatic carbocycles. The van der Waals surface area contributed by atoms with E-state index in [1.54, 1.807) is 6.92 Å². The minimum Gasteiger partial charge on any atom is -0.481 e. The lowest BCUT2D eigenvalue weighted by molar-refractivity contribution is -0.169. The van der Waals surface area contributed by atoms with Crippen molar-refractivity contribution >= 4 is 11.9 Å². The smallest absolute Gasteiger partial charge is 0.310 e. The Kier molecular flexibility index (Phi) is 4.97. The van der Waals surface area contributed by atoms with Crippen molar-refractivity contribution in [2.45, 2.75) is 52.4 Å². The molecule has 98 valence electrons. The third-order valence-corrected chi connectivity index (χ3v) is 3.73. The van der Waals surface area contributed by atoms with E-state index in [0.717, 1.165) is 19.3 Å². The van der Waals surface area contributed by atoms with Gasteiger partial charge >= 0.3 is 11.9 Å². The molecule has 0 radical (unpaired) electrons. The zero-order valence-corrected chi connectivity index (χ0v) is 10.7. The van der Waals surface area contributed by atoms with Crippen molar-refractivity contribution in [2.75, 3.05) is 6.61 Å². The molecule has 0 heterocycles. The number of carboxylic acid groups (broad SMARTS) is 1. The summed E-state index contributed by atoms with van der Waals surface area (Å²) in [6.45, 7) is 4.03. The average Bonchev–Trinajstić information content (AvgIpc) is 2.30. The Morgan fingerprint density at radius 2 is 2.06 bits per heavy atom. The van der Waals surface area contributed by atoms with E-state index >= 15 is 0 Å². The highest BCUT2D eigenvalue weighted by Gasteiger charge is 2.50. The van der Waals surface area contributed by atoms with Crippen molar-refractivity contribution in [1.82, 2.24) is 0 Å². The fourth-order valence-electron chi connectivity index (χ4n) is 2.93. The Labute approximate surface area is 102 Å². The Morgan fingerprint density at radius 1 is 1.35 bits per heavy atom. The first-order valence-electron chi connectivity index (χ1n) is 6.48. The molecule has 1 N–H and O–H groups in total. The van der Waals surface area contributed by atoms with Crippen LogP contribution < -0.4 is 0 Å². The van der Waals surface area contributed by atoms with E-state index in [0.29, 0.717) is 25.9 Å². The molecule has 1 saturated carbocycles. The van der Waals surface area contributed by atoms with Crippen molar-refractivity contribution in [2.24, 2.45) is 11.3 Å². The molecule has 0 amide bonds. The fourth-order valence-corrected chi connectivity index (χ4v) is 2.93. The number of ether oxygens (including phenoxy) is 1. The Bertz CT molecular complexity index is 283. The monoisotopic (exact) mass is 242 g/mol. The van der Waals surface area contributed by atoms with Gasteiger partial charge in [-0.3, -0.25) is 9.59 Å². The van der Waals surface area contributed by atoms with E-state index in [-0.39, 0.29) is 5.97 Å². The summed E-state index contributed by atoms with van der Waals surface area (Å²) in [7, 11) is 0. The number of hydrogen-bond acceptors (Lipinski definition) is 3. The number of carboxylic acids is 1. The van der Waals surface area contributed by atoms with Crippen LogP contribution in [0.15, 0.2) is 0 Å². The standard InChI is InChI=1S/C13H22O4/c1-3-8-13(12(15)16)9-6-5-7-10(13)11(14)17-4-2/h10H,3-9H2,1-2H3,(H,15,16). The van der Waals surface area contributed by atoms with E-state index < -0.39 is 17.3 Å². The van der Waals surface area contributed by atoms with Crippen molar-refractivity contribution in [3.05, 3.63) is 0 Å². The van der Waals surface area contributed by atoms with Crippen molar-refractivity contribution in [3.63, 3.8) is 0 Å². The minimum absolute atomic E-state index is 0.317. The summed E-state index contributed by atoms with van der Waals surface area (Å²) in [6, 6.07) is 0. The zero-order chi connectivity index (χ0) is 12.9. The van der Waals surface area contributed by atoms with Gasteiger partial charge in [0.15, 0.2) is 0 Å². The fraction of sp³-hybridized carbons (Fsp3) is 0.846. The lowest BCUT2D eigenvalue weighted by Gasteiger charge is -2.39. The molecular weight excluding hydrogens is 220 g/mol. The normalized spacial score (nSPS) is 28.7. The molecule has 0 aromatic carbocycles. The number of esters is 1. The van der Waals surface area contributed by atoms with Gasteiger partial charge in [-0.15, -0.1) is 0 Å². The van der Waals surface area contributed by atoms with Crippen LogP contribution in [0.5, 0.6) is 0 Å². The van der Waals surface area contributed by atoms with Crippen molar-refractivity contribution in [1.29, 1.82) is 0 Å². The molecule has 0 spiro atoms. The van der Waals surface area contributed by atoms with Crippen LogP contribution in [-0.4, -0.2) is 23.7 Å². The quantitative estimate of drug-likeness (QED) is 0.753. The van der Waals surface area contributed by atoms with Gasteiger partial charge in [-0.05, 0) is 26.2 Å². The molecule has 4 heteroatoms. The predicted octanol–water partition coefficient (Wildman–Crippen LogP) is 2.61. The van der Waals surface area contributed by atoms with Crippen LogP contribution in [0.25, 0.3) is 0 Å². The van der Waals surface area contributed by atoms with Gasteiger partial charge < -0.3 is 9.84 Å². The first-order chi connectivity index (χ1) is 8.08. The van der Waals surface area contributed by atoms with Crippen LogP contribution in [0, 0.1) is 11.3 Å². The molecule has 1 aliphatic rings. The molecule has 2 unspecified atom stereocenters. The number of rotatable bonds is 5. The molecule has 0 aliphatic heterocycles. The summed E-state index contributed by atoms with van der Waals surface area (Å²) in [5.74, 6) is -1.63. The largest absolute Gasteiger partial charge is 0.481 e. The summed E-state index contributed by atoms with van der Waals surface area (Å²) in [5.41, 5.74) is -0.890. The Balaban J connectivity index is 2.95. The molecule has 0 aromatic rings. The maximum atomic E-state index is 11.9. The SMILES string of the molecule is CCCC1(C(=O)O)CCCCC1C(=O)OCC. The topological polar surface area (TPSA) is 63.6 Å². The van der Waals surface area contributed by atoms with Gasteiger partial charge in [0.2, 0.25) is 0 Å². The molecule has 0 saturated heterocycles. The van der Waals surface area contributed by atoms with Gasteiger partial charge in [-0.25, -0.2) is 0 Å². The van der Waals surface area contributed by atoms with Gasteiger partial charge in [-0.1, -0.05) is 26.2 Å². The third kappa shape index (κ3) is 2.79. The molecule has 4 nitrogen and oxygen atoms in total. The summed E-state index contributed by atoms with van der Waals surface area (Å²) in [6.07, 6.45) is 4.39. The van der Waals surface area contributed by atoms with Crippen LogP contribution in [0.2, 0.25) is 0 Å². The summed E-state index contributed by atoms with van der Waals surface area (Å²) >= 11 is 0. The molecule has 1 fully saturated rings. The van der Waals surface area contributed by atoms with Crippen LogP contribution in [0.1, 0.15) is 52.4 Å². The molecular formula is C13H22O4. The lowest BCUT2D eigenvalue weighted by Crippen LogP contribution is -2.45. The average molecular weight is 242 g/mol. The van der Waals surface area contributed by atoms with Gasteiger partial charge in [0.1, 0.15) is 0 Å². The van der Waals surface area contributed by atoms with Gasteiger partial charge in [-0.2, -0.15) is 0 Å². The van der Waals surface area contributed by atoms with Crippen LogP contribution in [0.4, 0.5) is 0 Å². The van der Waals surface area contributed by atoms with Crippen LogP contribution in [-0.2, 0) is 14.3 Å². The lowest BCUT2D eigenvalue weighted by atomic mass is 9.64. The Morgan fingerprint density at radius 3 is 2.59 bits per heavy atom. The zero-order valence-electron chi connectivity index (χ0n) is 10.7. The van der Waals surface area contributed by atoms with Crippen molar-refractivity contribution < 1.29 is 19.4 Å². The summed E-state index contributed by atoms with van der Waals surface area (Å²) in [4.78, 5) is 23.5. The molecule has 0 bridgehead atoms. The van der Waals surface area contributed by atoms with Crippen molar-refractivity contribution in [3.8, 4) is 0 Å². The number of carbonyl (C=O) groups is 2. The highest BCUT2D eigenvalue weighted by molar-refractivity contribution is 5.84. The van der Waals surface area contributed by atoms with Gasteiger partial charge in [0.25, 0.3) is 0 Å². The van der Waals surface area contributed by atoms with Gasteiger partial charge in [0, 0.05) is 0 Å². The summed E-state index contributed by atoms with van der Waals surface area (Å²) in [5, 5.41) is 9.50. The second-order valence-corrected chi connectivity index (χ2v) is 4.76. The predicted molar refractivity (Wildman–Crippen MR) is 63.6 cm³/mol. The van der Waals surface area contributed by atoms with E-state index in [2.05, 4.69) is 0 Å². The maximum Gasteiger partial charge on any atom is 0.310 e. The van der Waals surface area contributed by atoms with Crippen LogP contribution in [0.3, 0.4) is 0 Å². The highest BCUT2D eigenvalue weighted by Crippen LogP contribution is 2.45. The first kappa shape index (κ1) is 14.0. The molecule has 2 atom stereocenters. The van der Waals surface area contributed by atoms with E-state index in [1.807, 2.05) is 6.92 Å². The molecule has 0 aromatic heterocycles. The van der Waals surface area contributed by atoms with E-state index in [4.69, 9.17) is 4.74 Å². The summed E-state index contributed by atoms with van der Waals surface area (Å²) < 4.78 is 5.03. The second-order valence-electron chi connectivity index (χ2n) is 4.76. The first-order valence-corrected chi connectivity index (χ1v) is 6.48. The van der Waals surface area contributed by atoms with E-state index in [9.17, 15) is 14.7 Å². The number of aliphatic carboxylic acids is 1. The molecule has 1 rings (SSSR count). The number of carbonyl (C=O) groups excluding carboxylic acids is 1.